The number of furan rings is 1. The van der Waals surface area contributed by atoms with E-state index < -0.39 is 27.7 Å². The van der Waals surface area contributed by atoms with E-state index in [9.17, 15) is 26.4 Å². The summed E-state index contributed by atoms with van der Waals surface area (Å²) in [6.07, 6.45) is -4.54. The minimum atomic E-state index is -4.54. The van der Waals surface area contributed by atoms with Crippen molar-refractivity contribution in [3.05, 3.63) is 88.9 Å². The van der Waals surface area contributed by atoms with Crippen molar-refractivity contribution in [2.45, 2.75) is 18.0 Å². The van der Waals surface area contributed by atoms with Crippen LogP contribution in [0.1, 0.15) is 33.0 Å². The van der Waals surface area contributed by atoms with Gasteiger partial charge in [0.25, 0.3) is 15.9 Å². The molecule has 33 heavy (non-hydrogen) atoms. The summed E-state index contributed by atoms with van der Waals surface area (Å²) in [6.45, 7) is 1.80. The molecule has 3 aromatic rings. The van der Waals surface area contributed by atoms with Crippen LogP contribution in [0.3, 0.4) is 0 Å². The van der Waals surface area contributed by atoms with Gasteiger partial charge in [-0.1, -0.05) is 29.8 Å². The molecule has 11 heteroatoms. The summed E-state index contributed by atoms with van der Waals surface area (Å²) < 4.78 is 69.7. The molecule has 0 aliphatic rings. The number of hydrogen-bond acceptors (Lipinski definition) is 5. The minimum absolute atomic E-state index is 0.00781. The van der Waals surface area contributed by atoms with E-state index >= 15 is 0 Å². The maximum atomic E-state index is 12.9. The maximum absolute atomic E-state index is 12.9. The van der Waals surface area contributed by atoms with Gasteiger partial charge in [-0.05, 0) is 43.3 Å². The van der Waals surface area contributed by atoms with Gasteiger partial charge >= 0.3 is 6.18 Å². The quantitative estimate of drug-likeness (QED) is 0.427. The number of nitrogens with one attached hydrogen (secondary N) is 1. The third-order valence-electron chi connectivity index (χ3n) is 4.55. The Kier molecular flexibility index (Phi) is 6.63. The molecule has 0 saturated heterocycles. The van der Waals surface area contributed by atoms with Crippen LogP contribution in [0.15, 0.2) is 75.1 Å². The van der Waals surface area contributed by atoms with Crippen molar-refractivity contribution in [1.82, 2.24) is 9.73 Å². The van der Waals surface area contributed by atoms with Crippen LogP contribution in [-0.4, -0.2) is 39.0 Å². The third kappa shape index (κ3) is 5.61. The van der Waals surface area contributed by atoms with E-state index in [0.29, 0.717) is 0 Å². The SMILES string of the molecule is Cc1ccc(S(=O)(=O)N/N=C(\c2ccc(C(F)(F)F)cc2)c2ccc(C(=O)N(C)C)o2)cc1. The van der Waals surface area contributed by atoms with E-state index in [1.165, 1.54) is 43.3 Å². The van der Waals surface area contributed by atoms with Crippen LogP contribution in [-0.2, 0) is 16.2 Å². The smallest absolute Gasteiger partial charge is 0.416 e. The van der Waals surface area contributed by atoms with E-state index in [0.717, 1.165) is 29.8 Å². The zero-order valence-corrected chi connectivity index (χ0v) is 18.7. The molecule has 0 fully saturated rings. The van der Waals surface area contributed by atoms with E-state index in [2.05, 4.69) is 9.93 Å². The highest BCUT2D eigenvalue weighted by atomic mass is 32.2. The Bertz CT molecular complexity index is 1280. The molecule has 0 radical (unpaired) electrons. The highest BCUT2D eigenvalue weighted by Crippen LogP contribution is 2.29. The molecule has 174 valence electrons. The predicted octanol–water partition coefficient (Wildman–Crippen LogP) is 4.04. The standard InChI is InChI=1S/C22H20F3N3O4S/c1-14-4-10-17(11-5-14)33(30,31)27-26-20(15-6-8-16(9-7-15)22(23,24)25)18-12-13-19(32-18)21(29)28(2)3/h4-13,27H,1-3H3/b26-20+. The average molecular weight is 479 g/mol. The molecular weight excluding hydrogens is 459 g/mol. The number of halogens is 3. The molecule has 1 heterocycles. The van der Waals surface area contributed by atoms with Gasteiger partial charge in [-0.3, -0.25) is 4.79 Å². The van der Waals surface area contributed by atoms with E-state index in [1.807, 2.05) is 0 Å². The monoisotopic (exact) mass is 479 g/mol. The van der Waals surface area contributed by atoms with Crippen molar-refractivity contribution >= 4 is 21.6 Å². The summed E-state index contributed by atoms with van der Waals surface area (Å²) in [7, 11) is -1.04. The Hall–Kier alpha value is -3.60. The van der Waals surface area contributed by atoms with Crippen LogP contribution in [0.25, 0.3) is 0 Å². The normalized spacial score (nSPS) is 12.5. The molecule has 1 amide bonds. The summed E-state index contributed by atoms with van der Waals surface area (Å²) in [5, 5.41) is 3.92. The number of carbonyl (C=O) groups is 1. The van der Waals surface area contributed by atoms with Crippen molar-refractivity contribution in [2.75, 3.05) is 14.1 Å². The molecule has 7 nitrogen and oxygen atoms in total. The van der Waals surface area contributed by atoms with Crippen molar-refractivity contribution in [1.29, 1.82) is 0 Å². The summed E-state index contributed by atoms with van der Waals surface area (Å²) in [5.74, 6) is -0.504. The number of nitrogens with zero attached hydrogens (tertiary/aromatic N) is 2. The number of benzene rings is 2. The number of carbonyl (C=O) groups excluding carboxylic acids is 1. The lowest BCUT2D eigenvalue weighted by Crippen LogP contribution is -2.21. The second kappa shape index (κ2) is 9.10. The number of hydrogen-bond donors (Lipinski definition) is 1. The largest absolute Gasteiger partial charge is 0.449 e. The molecule has 0 saturated carbocycles. The van der Waals surface area contributed by atoms with Gasteiger partial charge in [-0.15, -0.1) is 0 Å². The average Bonchev–Trinajstić information content (AvgIpc) is 3.23. The number of rotatable bonds is 6. The molecule has 0 aliphatic carbocycles. The van der Waals surface area contributed by atoms with E-state index in [1.54, 1.807) is 19.1 Å². The fourth-order valence-corrected chi connectivity index (χ4v) is 3.57. The number of sulfonamides is 1. The van der Waals surface area contributed by atoms with Crippen molar-refractivity contribution < 1.29 is 30.8 Å². The summed E-state index contributed by atoms with van der Waals surface area (Å²) in [6, 6.07) is 12.7. The fraction of sp³-hybridized carbons (Fsp3) is 0.182. The first-order valence-electron chi connectivity index (χ1n) is 9.54. The van der Waals surface area contributed by atoms with Gasteiger partial charge in [0, 0.05) is 19.7 Å². The molecule has 0 atom stereocenters. The van der Waals surface area contributed by atoms with Gasteiger partial charge in [0.05, 0.1) is 10.5 Å². The molecule has 0 aliphatic heterocycles. The van der Waals surface area contributed by atoms with Crippen LogP contribution >= 0.6 is 0 Å². The maximum Gasteiger partial charge on any atom is 0.416 e. The zero-order chi connectivity index (χ0) is 24.4. The van der Waals surface area contributed by atoms with Crippen molar-refractivity contribution in [2.24, 2.45) is 5.10 Å². The number of hydrazone groups is 1. The minimum Gasteiger partial charge on any atom is -0.449 e. The fourth-order valence-electron chi connectivity index (χ4n) is 2.76. The molecular formula is C22H20F3N3O4S. The zero-order valence-electron chi connectivity index (χ0n) is 17.8. The Morgan fingerprint density at radius 3 is 2.06 bits per heavy atom. The molecule has 0 unspecified atom stereocenters. The molecule has 0 spiro atoms. The van der Waals surface area contributed by atoms with Crippen LogP contribution in [0.2, 0.25) is 0 Å². The molecule has 2 aromatic carbocycles. The highest BCUT2D eigenvalue weighted by Gasteiger charge is 2.30. The van der Waals surface area contributed by atoms with Gasteiger partial charge in [-0.2, -0.15) is 31.5 Å². The molecule has 1 N–H and O–H groups in total. The van der Waals surface area contributed by atoms with Crippen molar-refractivity contribution in [3.63, 3.8) is 0 Å². The Balaban J connectivity index is 2.03. The van der Waals surface area contributed by atoms with Crippen molar-refractivity contribution in [3.8, 4) is 0 Å². The van der Waals surface area contributed by atoms with Gasteiger partial charge < -0.3 is 9.32 Å². The van der Waals surface area contributed by atoms with Gasteiger partial charge in [-0.25, -0.2) is 0 Å². The Morgan fingerprint density at radius 1 is 0.939 bits per heavy atom. The van der Waals surface area contributed by atoms with Gasteiger partial charge in [0.2, 0.25) is 0 Å². The van der Waals surface area contributed by atoms with Gasteiger partial charge in [0.1, 0.15) is 5.71 Å². The Morgan fingerprint density at radius 2 is 1.52 bits per heavy atom. The second-order valence-electron chi connectivity index (χ2n) is 7.31. The number of aryl methyl sites for hydroxylation is 1. The van der Waals surface area contributed by atoms with Crippen LogP contribution in [0.5, 0.6) is 0 Å². The summed E-state index contributed by atoms with van der Waals surface area (Å²) in [5.41, 5.74) is 0.0235. The first-order chi connectivity index (χ1) is 15.4. The van der Waals surface area contributed by atoms with E-state index in [4.69, 9.17) is 4.42 Å². The lowest BCUT2D eigenvalue weighted by Gasteiger charge is -2.10. The number of amides is 1. The van der Waals surface area contributed by atoms with Crippen LogP contribution in [0.4, 0.5) is 13.2 Å². The Labute approximate surface area is 188 Å². The third-order valence-corrected chi connectivity index (χ3v) is 5.78. The second-order valence-corrected chi connectivity index (χ2v) is 8.97. The summed E-state index contributed by atoms with van der Waals surface area (Å²) >= 11 is 0. The predicted molar refractivity (Wildman–Crippen MR) is 115 cm³/mol. The van der Waals surface area contributed by atoms with Crippen LogP contribution in [0, 0.1) is 6.92 Å². The molecule has 0 bridgehead atoms. The lowest BCUT2D eigenvalue weighted by molar-refractivity contribution is -0.137. The summed E-state index contributed by atoms with van der Waals surface area (Å²) in [4.78, 5) is 15.5. The molecule has 1 aromatic heterocycles. The first-order valence-corrected chi connectivity index (χ1v) is 11.0. The first kappa shape index (κ1) is 24.1. The molecule has 3 rings (SSSR count). The number of alkyl halides is 3. The lowest BCUT2D eigenvalue weighted by atomic mass is 10.1. The van der Waals surface area contributed by atoms with Gasteiger partial charge in [0.15, 0.2) is 11.5 Å². The van der Waals surface area contributed by atoms with Crippen LogP contribution < -0.4 is 4.83 Å². The van der Waals surface area contributed by atoms with E-state index in [-0.39, 0.29) is 27.7 Å². The topological polar surface area (TPSA) is 92.0 Å². The highest BCUT2D eigenvalue weighted by molar-refractivity contribution is 7.89.